The molecule has 68 valence electrons. The van der Waals surface area contributed by atoms with Crippen molar-refractivity contribution in [2.24, 2.45) is 5.92 Å². The SMILES string of the molecule is CC(C)CN1C=COC(O)C1=O. The zero-order chi connectivity index (χ0) is 9.14. The fourth-order valence-corrected chi connectivity index (χ4v) is 1.00. The third-order valence-corrected chi connectivity index (χ3v) is 1.50. The van der Waals surface area contributed by atoms with Crippen LogP contribution in [0.3, 0.4) is 0 Å². The minimum Gasteiger partial charge on any atom is -0.462 e. The number of hydrogen-bond acceptors (Lipinski definition) is 3. The maximum atomic E-state index is 11.2. The molecule has 0 spiro atoms. The Balaban J connectivity index is 2.58. The molecule has 0 aromatic rings. The molecule has 1 rings (SSSR count). The number of amides is 1. The molecule has 0 bridgehead atoms. The monoisotopic (exact) mass is 171 g/mol. The van der Waals surface area contributed by atoms with E-state index in [9.17, 15) is 4.79 Å². The van der Waals surface area contributed by atoms with Gasteiger partial charge in [-0.05, 0) is 5.92 Å². The number of nitrogens with zero attached hydrogens (tertiary/aromatic N) is 1. The Morgan fingerprint density at radius 1 is 1.75 bits per heavy atom. The highest BCUT2D eigenvalue weighted by molar-refractivity contribution is 5.81. The van der Waals surface area contributed by atoms with Crippen LogP contribution in [0.1, 0.15) is 13.8 Å². The van der Waals surface area contributed by atoms with E-state index in [-0.39, 0.29) is 0 Å². The second-order valence-electron chi connectivity index (χ2n) is 3.16. The lowest BCUT2D eigenvalue weighted by atomic mass is 10.2. The second kappa shape index (κ2) is 3.58. The van der Waals surface area contributed by atoms with Crippen molar-refractivity contribution < 1.29 is 14.6 Å². The van der Waals surface area contributed by atoms with Crippen molar-refractivity contribution in [3.8, 4) is 0 Å². The molecule has 4 heteroatoms. The first-order valence-electron chi connectivity index (χ1n) is 3.92. The standard InChI is InChI=1S/C8H13NO3/c1-6(2)5-9-3-4-12-8(11)7(9)10/h3-4,6,8,11H,5H2,1-2H3. The zero-order valence-electron chi connectivity index (χ0n) is 7.23. The third-order valence-electron chi connectivity index (χ3n) is 1.50. The van der Waals surface area contributed by atoms with Gasteiger partial charge < -0.3 is 14.7 Å². The van der Waals surface area contributed by atoms with Crippen LogP contribution in [0.15, 0.2) is 12.5 Å². The van der Waals surface area contributed by atoms with E-state index in [4.69, 9.17) is 5.11 Å². The number of aliphatic hydroxyl groups excluding tert-OH is 1. The van der Waals surface area contributed by atoms with Crippen LogP contribution in [0.2, 0.25) is 0 Å². The summed E-state index contributed by atoms with van der Waals surface area (Å²) < 4.78 is 4.59. The molecule has 1 atom stereocenters. The third kappa shape index (κ3) is 1.98. The highest BCUT2D eigenvalue weighted by Gasteiger charge is 2.24. The molecule has 1 aliphatic heterocycles. The summed E-state index contributed by atoms with van der Waals surface area (Å²) in [6.07, 6.45) is 1.54. The second-order valence-corrected chi connectivity index (χ2v) is 3.16. The molecule has 0 aromatic heterocycles. The van der Waals surface area contributed by atoms with Gasteiger partial charge in [-0.1, -0.05) is 13.8 Å². The molecule has 1 N–H and O–H groups in total. The Hall–Kier alpha value is -1.03. The van der Waals surface area contributed by atoms with E-state index < -0.39 is 12.2 Å². The van der Waals surface area contributed by atoms with E-state index in [0.29, 0.717) is 12.5 Å². The first-order valence-corrected chi connectivity index (χ1v) is 3.92. The Kier molecular flexibility index (Phi) is 2.70. The van der Waals surface area contributed by atoms with Gasteiger partial charge in [-0.3, -0.25) is 4.79 Å². The van der Waals surface area contributed by atoms with Gasteiger partial charge in [0.1, 0.15) is 6.26 Å². The molecule has 1 aliphatic rings. The minimum atomic E-state index is -1.33. The fraction of sp³-hybridized carbons (Fsp3) is 0.625. The normalized spacial score (nSPS) is 23.2. The first-order chi connectivity index (χ1) is 5.61. The van der Waals surface area contributed by atoms with Gasteiger partial charge in [-0.2, -0.15) is 0 Å². The molecule has 0 fully saturated rings. The molecule has 0 saturated heterocycles. The number of carbonyl (C=O) groups excluding carboxylic acids is 1. The maximum Gasteiger partial charge on any atom is 0.296 e. The molecule has 1 unspecified atom stereocenters. The maximum absolute atomic E-state index is 11.2. The predicted octanol–water partition coefficient (Wildman–Crippen LogP) is 0.291. The van der Waals surface area contributed by atoms with Crippen LogP contribution in [0.5, 0.6) is 0 Å². The van der Waals surface area contributed by atoms with Crippen LogP contribution in [-0.4, -0.2) is 28.7 Å². The van der Waals surface area contributed by atoms with Crippen molar-refractivity contribution in [3.63, 3.8) is 0 Å². The lowest BCUT2D eigenvalue weighted by Gasteiger charge is -2.25. The quantitative estimate of drug-likeness (QED) is 0.649. The van der Waals surface area contributed by atoms with Crippen molar-refractivity contribution in [3.05, 3.63) is 12.5 Å². The van der Waals surface area contributed by atoms with Crippen LogP contribution in [0.4, 0.5) is 0 Å². The van der Waals surface area contributed by atoms with Gasteiger partial charge in [-0.25, -0.2) is 0 Å². The van der Waals surface area contributed by atoms with Gasteiger partial charge in [0.25, 0.3) is 12.2 Å². The Morgan fingerprint density at radius 2 is 2.42 bits per heavy atom. The average Bonchev–Trinajstić information content (AvgIpc) is 1.98. The molecule has 1 heterocycles. The Bertz CT molecular complexity index is 200. The van der Waals surface area contributed by atoms with Crippen molar-refractivity contribution in [1.29, 1.82) is 0 Å². The van der Waals surface area contributed by atoms with Crippen molar-refractivity contribution in [2.75, 3.05) is 6.54 Å². The first kappa shape index (κ1) is 9.06. The average molecular weight is 171 g/mol. The molecule has 0 saturated carbocycles. The number of carbonyl (C=O) groups is 1. The van der Waals surface area contributed by atoms with Gasteiger partial charge in [0.05, 0.1) is 0 Å². The molecule has 0 aliphatic carbocycles. The van der Waals surface area contributed by atoms with E-state index in [1.807, 2.05) is 13.8 Å². The fourth-order valence-electron chi connectivity index (χ4n) is 1.00. The molecule has 1 amide bonds. The molecule has 12 heavy (non-hydrogen) atoms. The summed E-state index contributed by atoms with van der Waals surface area (Å²) in [5, 5.41) is 9.00. The summed E-state index contributed by atoms with van der Waals surface area (Å²) in [5.41, 5.74) is 0. The van der Waals surface area contributed by atoms with Crippen LogP contribution < -0.4 is 0 Å². The Labute approximate surface area is 71.4 Å². The number of hydrogen-bond donors (Lipinski definition) is 1. The highest BCUT2D eigenvalue weighted by Crippen LogP contribution is 2.08. The Morgan fingerprint density at radius 3 is 3.00 bits per heavy atom. The summed E-state index contributed by atoms with van der Waals surface area (Å²) in [5.74, 6) is -0.0184. The van der Waals surface area contributed by atoms with Crippen LogP contribution in [0, 0.1) is 5.92 Å². The smallest absolute Gasteiger partial charge is 0.296 e. The summed E-state index contributed by atoms with van der Waals surface area (Å²) in [6.45, 7) is 4.61. The van der Waals surface area contributed by atoms with Gasteiger partial charge >= 0.3 is 0 Å². The summed E-state index contributed by atoms with van der Waals surface area (Å²) in [4.78, 5) is 12.6. The molecule has 0 aromatic carbocycles. The van der Waals surface area contributed by atoms with E-state index in [2.05, 4.69) is 4.74 Å². The van der Waals surface area contributed by atoms with Crippen molar-refractivity contribution >= 4 is 5.91 Å². The van der Waals surface area contributed by atoms with Gasteiger partial charge in [-0.15, -0.1) is 0 Å². The van der Waals surface area contributed by atoms with E-state index in [1.54, 1.807) is 0 Å². The number of ether oxygens (including phenoxy) is 1. The van der Waals surface area contributed by atoms with Gasteiger partial charge in [0.2, 0.25) is 0 Å². The highest BCUT2D eigenvalue weighted by atomic mass is 16.6. The minimum absolute atomic E-state index is 0.379. The topological polar surface area (TPSA) is 49.8 Å². The summed E-state index contributed by atoms with van der Waals surface area (Å²) in [7, 11) is 0. The molecule has 0 radical (unpaired) electrons. The molecule has 4 nitrogen and oxygen atoms in total. The van der Waals surface area contributed by atoms with Crippen molar-refractivity contribution in [2.45, 2.75) is 20.1 Å². The summed E-state index contributed by atoms with van der Waals surface area (Å²) in [6, 6.07) is 0. The van der Waals surface area contributed by atoms with E-state index in [1.165, 1.54) is 17.4 Å². The lowest BCUT2D eigenvalue weighted by molar-refractivity contribution is -0.161. The van der Waals surface area contributed by atoms with Crippen molar-refractivity contribution in [1.82, 2.24) is 4.90 Å². The van der Waals surface area contributed by atoms with E-state index in [0.717, 1.165) is 0 Å². The van der Waals surface area contributed by atoms with Crippen LogP contribution >= 0.6 is 0 Å². The molecular weight excluding hydrogens is 158 g/mol. The van der Waals surface area contributed by atoms with Gasteiger partial charge in [0.15, 0.2) is 0 Å². The molecular formula is C8H13NO3. The zero-order valence-corrected chi connectivity index (χ0v) is 7.23. The van der Waals surface area contributed by atoms with E-state index >= 15 is 0 Å². The van der Waals surface area contributed by atoms with Crippen LogP contribution in [-0.2, 0) is 9.53 Å². The number of aliphatic hydroxyl groups is 1. The van der Waals surface area contributed by atoms with Gasteiger partial charge in [0, 0.05) is 12.7 Å². The largest absolute Gasteiger partial charge is 0.462 e. The summed E-state index contributed by atoms with van der Waals surface area (Å²) >= 11 is 0. The lowest BCUT2D eigenvalue weighted by Crippen LogP contribution is -2.40. The van der Waals surface area contributed by atoms with Crippen LogP contribution in [0.25, 0.3) is 0 Å². The number of rotatable bonds is 2. The predicted molar refractivity (Wildman–Crippen MR) is 42.8 cm³/mol.